The monoisotopic (exact) mass is 238 g/mol. The van der Waals surface area contributed by atoms with Gasteiger partial charge in [-0.25, -0.2) is 0 Å². The molecule has 0 aromatic carbocycles. The molecule has 0 N–H and O–H groups in total. The fourth-order valence-electron chi connectivity index (χ4n) is 2.52. The average Bonchev–Trinajstić information content (AvgIpc) is 2.28. The third kappa shape index (κ3) is 4.50. The third-order valence-electron chi connectivity index (χ3n) is 3.64. The standard InChI is InChI=1S/C14H26N2O/c1-12-8-5-6-9-13(12)16(4)14(17)10-7-11-15(2)3/h7,10,12-13H,5-6,8-9,11H2,1-4H3/b10-7+. The first-order chi connectivity index (χ1) is 8.02. The Morgan fingerprint density at radius 2 is 1.88 bits per heavy atom. The van der Waals surface area contributed by atoms with E-state index in [2.05, 4.69) is 6.92 Å². The van der Waals surface area contributed by atoms with Gasteiger partial charge in [0.05, 0.1) is 0 Å². The van der Waals surface area contributed by atoms with Gasteiger partial charge in [0.2, 0.25) is 5.91 Å². The molecule has 1 fully saturated rings. The summed E-state index contributed by atoms with van der Waals surface area (Å²) in [6, 6.07) is 0.431. The maximum absolute atomic E-state index is 12.0. The normalized spacial score (nSPS) is 25.5. The van der Waals surface area contributed by atoms with Gasteiger partial charge in [-0.1, -0.05) is 25.8 Å². The van der Waals surface area contributed by atoms with Gasteiger partial charge in [0.1, 0.15) is 0 Å². The molecule has 0 aromatic heterocycles. The molecule has 3 nitrogen and oxygen atoms in total. The lowest BCUT2D eigenvalue weighted by molar-refractivity contribution is -0.128. The van der Waals surface area contributed by atoms with Crippen LogP contribution in [0.2, 0.25) is 0 Å². The lowest BCUT2D eigenvalue weighted by atomic mass is 9.85. The molecule has 0 aliphatic heterocycles. The van der Waals surface area contributed by atoms with Gasteiger partial charge >= 0.3 is 0 Å². The number of likely N-dealkylation sites (N-methyl/N-ethyl adjacent to an activating group) is 2. The largest absolute Gasteiger partial charge is 0.339 e. The van der Waals surface area contributed by atoms with Gasteiger partial charge in [-0.15, -0.1) is 0 Å². The van der Waals surface area contributed by atoms with Gasteiger partial charge in [0.25, 0.3) is 0 Å². The Balaban J connectivity index is 2.47. The molecule has 98 valence electrons. The van der Waals surface area contributed by atoms with Crippen LogP contribution in [0.4, 0.5) is 0 Å². The first-order valence-corrected chi connectivity index (χ1v) is 6.60. The number of rotatable bonds is 4. The fraction of sp³-hybridized carbons (Fsp3) is 0.786. The Morgan fingerprint density at radius 3 is 2.47 bits per heavy atom. The lowest BCUT2D eigenvalue weighted by Crippen LogP contribution is -2.41. The van der Waals surface area contributed by atoms with E-state index in [0.717, 1.165) is 13.0 Å². The Kier molecular flexibility index (Phi) is 5.69. The molecule has 2 unspecified atom stereocenters. The van der Waals surface area contributed by atoms with Crippen LogP contribution < -0.4 is 0 Å². The molecule has 3 heteroatoms. The van der Waals surface area contributed by atoms with Crippen LogP contribution in [0.1, 0.15) is 32.6 Å². The van der Waals surface area contributed by atoms with Crippen molar-refractivity contribution >= 4 is 5.91 Å². The number of hydrogen-bond donors (Lipinski definition) is 0. The van der Waals surface area contributed by atoms with Crippen molar-refractivity contribution in [3.8, 4) is 0 Å². The van der Waals surface area contributed by atoms with Crippen LogP contribution >= 0.6 is 0 Å². The van der Waals surface area contributed by atoms with Crippen LogP contribution in [0.3, 0.4) is 0 Å². The summed E-state index contributed by atoms with van der Waals surface area (Å²) in [4.78, 5) is 16.0. The zero-order valence-corrected chi connectivity index (χ0v) is 11.6. The molecule has 0 spiro atoms. The smallest absolute Gasteiger partial charge is 0.246 e. The highest BCUT2D eigenvalue weighted by Crippen LogP contribution is 2.27. The van der Waals surface area contributed by atoms with E-state index in [-0.39, 0.29) is 5.91 Å². The van der Waals surface area contributed by atoms with Crippen LogP contribution in [0.5, 0.6) is 0 Å². The average molecular weight is 238 g/mol. The zero-order chi connectivity index (χ0) is 12.8. The predicted molar refractivity (Wildman–Crippen MR) is 71.9 cm³/mol. The Hall–Kier alpha value is -0.830. The van der Waals surface area contributed by atoms with Crippen molar-refractivity contribution in [2.45, 2.75) is 38.6 Å². The summed E-state index contributed by atoms with van der Waals surface area (Å²) in [7, 11) is 5.94. The summed E-state index contributed by atoms with van der Waals surface area (Å²) in [5, 5.41) is 0. The molecule has 0 bridgehead atoms. The fourth-order valence-corrected chi connectivity index (χ4v) is 2.52. The second-order valence-electron chi connectivity index (χ2n) is 5.44. The summed E-state index contributed by atoms with van der Waals surface area (Å²) in [6.45, 7) is 3.08. The van der Waals surface area contributed by atoms with Crippen molar-refractivity contribution in [2.24, 2.45) is 5.92 Å². The Labute approximate surface area is 105 Å². The van der Waals surface area contributed by atoms with Gasteiger partial charge in [-0.05, 0) is 32.9 Å². The molecule has 1 amide bonds. The summed E-state index contributed by atoms with van der Waals surface area (Å²) < 4.78 is 0. The van der Waals surface area contributed by atoms with Crippen molar-refractivity contribution in [3.05, 3.63) is 12.2 Å². The SMILES string of the molecule is CC1CCCCC1N(C)C(=O)/C=C/CN(C)C. The van der Waals surface area contributed by atoms with E-state index >= 15 is 0 Å². The summed E-state index contributed by atoms with van der Waals surface area (Å²) in [6.07, 6.45) is 8.63. The van der Waals surface area contributed by atoms with Crippen LogP contribution in [-0.4, -0.2) is 49.4 Å². The molecular weight excluding hydrogens is 212 g/mol. The van der Waals surface area contributed by atoms with E-state index in [9.17, 15) is 4.79 Å². The molecule has 1 saturated carbocycles. The number of carbonyl (C=O) groups is 1. The third-order valence-corrected chi connectivity index (χ3v) is 3.64. The second kappa shape index (κ2) is 6.80. The first-order valence-electron chi connectivity index (χ1n) is 6.60. The van der Waals surface area contributed by atoms with Gasteiger partial charge in [0.15, 0.2) is 0 Å². The topological polar surface area (TPSA) is 23.6 Å². The molecular formula is C14H26N2O. The molecule has 0 radical (unpaired) electrons. The quantitative estimate of drug-likeness (QED) is 0.701. The molecule has 1 aliphatic rings. The van der Waals surface area contributed by atoms with E-state index in [1.165, 1.54) is 19.3 Å². The van der Waals surface area contributed by atoms with Crippen LogP contribution in [0.25, 0.3) is 0 Å². The number of carbonyl (C=O) groups excluding carboxylic acids is 1. The highest BCUT2D eigenvalue weighted by atomic mass is 16.2. The molecule has 2 atom stereocenters. The summed E-state index contributed by atoms with van der Waals surface area (Å²) in [5.41, 5.74) is 0. The van der Waals surface area contributed by atoms with E-state index in [0.29, 0.717) is 12.0 Å². The molecule has 0 aromatic rings. The predicted octanol–water partition coefficient (Wildman–Crippen LogP) is 2.14. The van der Waals surface area contributed by atoms with Gasteiger partial charge in [-0.3, -0.25) is 4.79 Å². The van der Waals surface area contributed by atoms with Gasteiger partial charge in [0, 0.05) is 25.7 Å². The zero-order valence-electron chi connectivity index (χ0n) is 11.6. The Bertz CT molecular complexity index is 273. The van der Waals surface area contributed by atoms with Crippen molar-refractivity contribution < 1.29 is 4.79 Å². The van der Waals surface area contributed by atoms with Crippen LogP contribution in [0.15, 0.2) is 12.2 Å². The highest BCUT2D eigenvalue weighted by molar-refractivity contribution is 5.87. The van der Waals surface area contributed by atoms with Crippen LogP contribution in [-0.2, 0) is 4.79 Å². The van der Waals surface area contributed by atoms with Crippen molar-refractivity contribution in [1.82, 2.24) is 9.80 Å². The van der Waals surface area contributed by atoms with E-state index in [4.69, 9.17) is 0 Å². The summed E-state index contributed by atoms with van der Waals surface area (Å²) >= 11 is 0. The molecule has 1 aliphatic carbocycles. The van der Waals surface area contributed by atoms with E-state index in [1.54, 1.807) is 6.08 Å². The molecule has 0 saturated heterocycles. The lowest BCUT2D eigenvalue weighted by Gasteiger charge is -2.35. The minimum absolute atomic E-state index is 0.144. The second-order valence-corrected chi connectivity index (χ2v) is 5.44. The van der Waals surface area contributed by atoms with Crippen molar-refractivity contribution in [3.63, 3.8) is 0 Å². The van der Waals surface area contributed by atoms with Crippen LogP contribution in [0, 0.1) is 5.92 Å². The minimum atomic E-state index is 0.144. The first kappa shape index (κ1) is 14.2. The number of amides is 1. The number of hydrogen-bond acceptors (Lipinski definition) is 2. The van der Waals surface area contributed by atoms with Gasteiger partial charge in [-0.2, -0.15) is 0 Å². The van der Waals surface area contributed by atoms with Crippen molar-refractivity contribution in [1.29, 1.82) is 0 Å². The van der Waals surface area contributed by atoms with Crippen molar-refractivity contribution in [2.75, 3.05) is 27.7 Å². The molecule has 1 rings (SSSR count). The van der Waals surface area contributed by atoms with E-state index in [1.807, 2.05) is 37.0 Å². The summed E-state index contributed by atoms with van der Waals surface area (Å²) in [5.74, 6) is 0.783. The number of nitrogens with zero attached hydrogens (tertiary/aromatic N) is 2. The molecule has 17 heavy (non-hydrogen) atoms. The maximum atomic E-state index is 12.0. The molecule has 0 heterocycles. The Morgan fingerprint density at radius 1 is 1.24 bits per heavy atom. The van der Waals surface area contributed by atoms with Gasteiger partial charge < -0.3 is 9.80 Å². The van der Waals surface area contributed by atoms with E-state index < -0.39 is 0 Å². The maximum Gasteiger partial charge on any atom is 0.246 e. The minimum Gasteiger partial charge on any atom is -0.339 e. The highest BCUT2D eigenvalue weighted by Gasteiger charge is 2.26.